The summed E-state index contributed by atoms with van der Waals surface area (Å²) < 4.78 is 26.0. The van der Waals surface area contributed by atoms with Crippen LogP contribution in [0.5, 0.6) is 0 Å². The first-order valence-corrected chi connectivity index (χ1v) is 6.17. The number of carbonyl (C=O) groups is 1. The Bertz CT molecular complexity index is 634. The maximum Gasteiger partial charge on any atom is 0.319 e. The Labute approximate surface area is 119 Å². The lowest BCUT2D eigenvalue weighted by molar-refractivity contribution is 0.251. The third-order valence-electron chi connectivity index (χ3n) is 2.52. The van der Waals surface area contributed by atoms with Crippen molar-refractivity contribution >= 4 is 23.3 Å². The molecule has 0 aliphatic carbocycles. The van der Waals surface area contributed by atoms with Crippen LogP contribution >= 0.6 is 11.6 Å². The highest BCUT2D eigenvalue weighted by Crippen LogP contribution is 2.15. The van der Waals surface area contributed by atoms with Gasteiger partial charge in [0.1, 0.15) is 11.6 Å². The van der Waals surface area contributed by atoms with Crippen LogP contribution in [0.4, 0.5) is 19.3 Å². The zero-order valence-corrected chi connectivity index (χ0v) is 11.0. The Morgan fingerprint density at radius 3 is 2.65 bits per heavy atom. The molecule has 0 atom stereocenters. The van der Waals surface area contributed by atoms with Crippen molar-refractivity contribution in [3.05, 3.63) is 64.7 Å². The average molecular weight is 297 g/mol. The van der Waals surface area contributed by atoms with E-state index in [1.54, 1.807) is 24.3 Å². The maximum absolute atomic E-state index is 13.3. The molecular weight excluding hydrogens is 286 g/mol. The number of rotatable bonds is 3. The van der Waals surface area contributed by atoms with E-state index in [9.17, 15) is 13.6 Å². The number of anilines is 1. The van der Waals surface area contributed by atoms with E-state index in [2.05, 4.69) is 10.6 Å². The quantitative estimate of drug-likeness (QED) is 0.885. The summed E-state index contributed by atoms with van der Waals surface area (Å²) in [5, 5.41) is 5.41. The van der Waals surface area contributed by atoms with Crippen LogP contribution in [0.2, 0.25) is 5.02 Å². The SMILES string of the molecule is O=C(NCc1cccc(Cl)c1)Nc1ccc(F)cc1F. The Kier molecular flexibility index (Phi) is 4.53. The Hall–Kier alpha value is -2.14. The van der Waals surface area contributed by atoms with Crippen molar-refractivity contribution < 1.29 is 13.6 Å². The summed E-state index contributed by atoms with van der Waals surface area (Å²) in [4.78, 5) is 11.6. The first-order valence-electron chi connectivity index (χ1n) is 5.79. The fraction of sp³-hybridized carbons (Fsp3) is 0.0714. The molecule has 0 saturated heterocycles. The van der Waals surface area contributed by atoms with Gasteiger partial charge >= 0.3 is 6.03 Å². The largest absolute Gasteiger partial charge is 0.334 e. The number of halogens is 3. The van der Waals surface area contributed by atoms with E-state index in [1.807, 2.05) is 0 Å². The summed E-state index contributed by atoms with van der Waals surface area (Å²) in [5.74, 6) is -1.53. The van der Waals surface area contributed by atoms with Crippen LogP contribution in [0.1, 0.15) is 5.56 Å². The van der Waals surface area contributed by atoms with Crippen LogP contribution in [0.25, 0.3) is 0 Å². The van der Waals surface area contributed by atoms with Gasteiger partial charge in [0.05, 0.1) is 5.69 Å². The van der Waals surface area contributed by atoms with Crippen LogP contribution < -0.4 is 10.6 Å². The molecule has 0 bridgehead atoms. The topological polar surface area (TPSA) is 41.1 Å². The van der Waals surface area contributed by atoms with E-state index in [4.69, 9.17) is 11.6 Å². The van der Waals surface area contributed by atoms with E-state index >= 15 is 0 Å². The van der Waals surface area contributed by atoms with Gasteiger partial charge in [0.2, 0.25) is 0 Å². The van der Waals surface area contributed by atoms with Gasteiger partial charge in [-0.25, -0.2) is 13.6 Å². The monoisotopic (exact) mass is 296 g/mol. The summed E-state index contributed by atoms with van der Waals surface area (Å²) in [5.41, 5.74) is 0.724. The fourth-order valence-electron chi connectivity index (χ4n) is 1.59. The summed E-state index contributed by atoms with van der Waals surface area (Å²) >= 11 is 5.81. The predicted octanol–water partition coefficient (Wildman–Crippen LogP) is 3.94. The molecule has 2 amide bonds. The molecule has 6 heteroatoms. The zero-order chi connectivity index (χ0) is 14.5. The number of benzene rings is 2. The molecule has 3 nitrogen and oxygen atoms in total. The lowest BCUT2D eigenvalue weighted by atomic mass is 10.2. The molecule has 0 spiro atoms. The smallest absolute Gasteiger partial charge is 0.319 e. The molecule has 0 aliphatic rings. The highest BCUT2D eigenvalue weighted by atomic mass is 35.5. The molecule has 0 aliphatic heterocycles. The minimum atomic E-state index is -0.831. The molecule has 2 rings (SSSR count). The number of hydrogen-bond donors (Lipinski definition) is 2. The highest BCUT2D eigenvalue weighted by molar-refractivity contribution is 6.30. The normalized spacial score (nSPS) is 10.2. The number of urea groups is 1. The minimum Gasteiger partial charge on any atom is -0.334 e. The van der Waals surface area contributed by atoms with Crippen molar-refractivity contribution in [2.75, 3.05) is 5.32 Å². The molecule has 104 valence electrons. The molecular formula is C14H11ClF2N2O. The van der Waals surface area contributed by atoms with Gasteiger partial charge in [0.25, 0.3) is 0 Å². The predicted molar refractivity (Wildman–Crippen MR) is 73.7 cm³/mol. The van der Waals surface area contributed by atoms with E-state index < -0.39 is 17.7 Å². The van der Waals surface area contributed by atoms with Crippen LogP contribution in [-0.2, 0) is 6.54 Å². The Morgan fingerprint density at radius 2 is 1.95 bits per heavy atom. The van der Waals surface area contributed by atoms with E-state index in [1.165, 1.54) is 0 Å². The van der Waals surface area contributed by atoms with E-state index in [0.29, 0.717) is 11.1 Å². The third kappa shape index (κ3) is 3.93. The van der Waals surface area contributed by atoms with Gasteiger partial charge in [-0.1, -0.05) is 23.7 Å². The second-order valence-corrected chi connectivity index (χ2v) is 4.50. The van der Waals surface area contributed by atoms with Crippen LogP contribution in [0, 0.1) is 11.6 Å². The Balaban J connectivity index is 1.92. The lowest BCUT2D eigenvalue weighted by Gasteiger charge is -2.08. The number of carbonyl (C=O) groups excluding carboxylic acids is 1. The number of nitrogens with one attached hydrogen (secondary N) is 2. The number of hydrogen-bond acceptors (Lipinski definition) is 1. The summed E-state index contributed by atoms with van der Waals surface area (Å²) in [6.45, 7) is 0.245. The summed E-state index contributed by atoms with van der Waals surface area (Å²) in [7, 11) is 0. The van der Waals surface area contributed by atoms with Crippen molar-refractivity contribution in [3.8, 4) is 0 Å². The van der Waals surface area contributed by atoms with E-state index in [-0.39, 0.29) is 12.2 Å². The van der Waals surface area contributed by atoms with Crippen LogP contribution in [0.3, 0.4) is 0 Å². The van der Waals surface area contributed by atoms with E-state index in [0.717, 1.165) is 17.7 Å². The Morgan fingerprint density at radius 1 is 1.15 bits per heavy atom. The second kappa shape index (κ2) is 6.34. The molecule has 0 aromatic heterocycles. The molecule has 20 heavy (non-hydrogen) atoms. The van der Waals surface area contributed by atoms with Gasteiger partial charge in [-0.3, -0.25) is 0 Å². The van der Waals surface area contributed by atoms with Gasteiger partial charge in [-0.2, -0.15) is 0 Å². The summed E-state index contributed by atoms with van der Waals surface area (Å²) in [6, 6.07) is 9.32. The minimum absolute atomic E-state index is 0.0880. The standard InChI is InChI=1S/C14H11ClF2N2O/c15-10-3-1-2-9(6-10)8-18-14(20)19-13-5-4-11(16)7-12(13)17/h1-7H,8H2,(H2,18,19,20). The van der Waals surface area contributed by atoms with Crippen molar-refractivity contribution in [1.82, 2.24) is 5.32 Å². The second-order valence-electron chi connectivity index (χ2n) is 4.06. The third-order valence-corrected chi connectivity index (χ3v) is 2.76. The molecule has 0 fully saturated rings. The molecule has 2 aromatic rings. The molecule has 0 heterocycles. The zero-order valence-electron chi connectivity index (χ0n) is 10.3. The van der Waals surface area contributed by atoms with Crippen molar-refractivity contribution in [2.45, 2.75) is 6.54 Å². The maximum atomic E-state index is 13.3. The lowest BCUT2D eigenvalue weighted by Crippen LogP contribution is -2.28. The molecule has 0 unspecified atom stereocenters. The highest BCUT2D eigenvalue weighted by Gasteiger charge is 2.07. The van der Waals surface area contributed by atoms with Crippen LogP contribution in [0.15, 0.2) is 42.5 Å². The molecule has 2 aromatic carbocycles. The molecule has 2 N–H and O–H groups in total. The first kappa shape index (κ1) is 14.3. The van der Waals surface area contributed by atoms with Crippen molar-refractivity contribution in [1.29, 1.82) is 0 Å². The van der Waals surface area contributed by atoms with Gasteiger partial charge in [-0.15, -0.1) is 0 Å². The van der Waals surface area contributed by atoms with Gasteiger partial charge < -0.3 is 10.6 Å². The van der Waals surface area contributed by atoms with Gasteiger partial charge in [0.15, 0.2) is 0 Å². The fourth-order valence-corrected chi connectivity index (χ4v) is 1.80. The van der Waals surface area contributed by atoms with Crippen LogP contribution in [-0.4, -0.2) is 6.03 Å². The van der Waals surface area contributed by atoms with Gasteiger partial charge in [-0.05, 0) is 29.8 Å². The summed E-state index contributed by atoms with van der Waals surface area (Å²) in [6.07, 6.45) is 0. The average Bonchev–Trinajstić information content (AvgIpc) is 2.40. The van der Waals surface area contributed by atoms with Crippen molar-refractivity contribution in [2.24, 2.45) is 0 Å². The molecule has 0 saturated carbocycles. The van der Waals surface area contributed by atoms with Gasteiger partial charge in [0, 0.05) is 17.6 Å². The number of amides is 2. The van der Waals surface area contributed by atoms with Crippen molar-refractivity contribution in [3.63, 3.8) is 0 Å². The first-order chi connectivity index (χ1) is 9.54. The molecule has 0 radical (unpaired) electrons.